The first-order valence-corrected chi connectivity index (χ1v) is 14.0. The van der Waals surface area contributed by atoms with E-state index in [0.717, 1.165) is 44.9 Å². The highest BCUT2D eigenvalue weighted by molar-refractivity contribution is 5.87. The zero-order valence-electron chi connectivity index (χ0n) is 26.7. The van der Waals surface area contributed by atoms with Crippen LogP contribution in [0.5, 0.6) is 34.5 Å². The molecule has 11 nitrogen and oxygen atoms in total. The molecule has 1 N–H and O–H groups in total. The lowest BCUT2D eigenvalue weighted by molar-refractivity contribution is 0.324. The van der Waals surface area contributed by atoms with Crippen LogP contribution >= 0.6 is 0 Å². The van der Waals surface area contributed by atoms with Gasteiger partial charge < -0.3 is 33.4 Å². The molecular formula is C35H35N5O6. The van der Waals surface area contributed by atoms with Gasteiger partial charge in [-0.15, -0.1) is 0 Å². The molecule has 0 aliphatic carbocycles. The van der Waals surface area contributed by atoms with Crippen LogP contribution in [-0.2, 0) is 0 Å². The molecule has 0 aliphatic rings. The van der Waals surface area contributed by atoms with Crippen LogP contribution in [0.3, 0.4) is 0 Å². The van der Waals surface area contributed by atoms with Crippen molar-refractivity contribution in [3.63, 3.8) is 0 Å². The summed E-state index contributed by atoms with van der Waals surface area (Å²) in [6, 6.07) is 22.8. The molecule has 1 aromatic heterocycles. The second kappa shape index (κ2) is 15.6. The van der Waals surface area contributed by atoms with Gasteiger partial charge in [0.25, 0.3) is 0 Å². The molecule has 0 saturated carbocycles. The molecule has 0 saturated heterocycles. The summed E-state index contributed by atoms with van der Waals surface area (Å²) in [7, 11) is 9.48. The molecule has 0 atom stereocenters. The van der Waals surface area contributed by atoms with Crippen LogP contribution in [0.2, 0.25) is 0 Å². The fourth-order valence-corrected chi connectivity index (χ4v) is 4.57. The molecule has 1 heterocycles. The van der Waals surface area contributed by atoms with Crippen molar-refractivity contribution in [1.29, 1.82) is 5.26 Å². The van der Waals surface area contributed by atoms with Crippen molar-refractivity contribution in [2.24, 2.45) is 9.98 Å². The molecule has 4 aromatic carbocycles. The summed E-state index contributed by atoms with van der Waals surface area (Å²) in [5.41, 5.74) is 5.84. The van der Waals surface area contributed by atoms with Crippen LogP contribution in [0.4, 0.5) is 11.4 Å². The molecule has 5 aromatic rings. The van der Waals surface area contributed by atoms with Crippen LogP contribution < -0.4 is 28.4 Å². The normalized spacial score (nSPS) is 10.7. The highest BCUT2D eigenvalue weighted by Gasteiger charge is 2.14. The molecule has 0 fully saturated rings. The summed E-state index contributed by atoms with van der Waals surface area (Å²) in [6.45, 7) is 1.43. The molecule has 236 valence electrons. The third kappa shape index (κ3) is 7.54. The van der Waals surface area contributed by atoms with Crippen molar-refractivity contribution in [3.05, 3.63) is 77.9 Å². The van der Waals surface area contributed by atoms with Gasteiger partial charge in [-0.2, -0.15) is 5.26 Å². The molecule has 0 amide bonds. The molecule has 11 heteroatoms. The maximum absolute atomic E-state index is 7.32. The summed E-state index contributed by atoms with van der Waals surface area (Å²) in [6.07, 6.45) is 3.50. The van der Waals surface area contributed by atoms with E-state index in [0.29, 0.717) is 34.5 Å². The van der Waals surface area contributed by atoms with E-state index in [1.54, 1.807) is 61.2 Å². The monoisotopic (exact) mass is 621 g/mol. The van der Waals surface area contributed by atoms with Gasteiger partial charge in [0.2, 0.25) is 11.5 Å². The van der Waals surface area contributed by atoms with Crippen molar-refractivity contribution in [2.45, 2.75) is 6.92 Å². The second-order valence-corrected chi connectivity index (χ2v) is 9.49. The van der Waals surface area contributed by atoms with Gasteiger partial charge in [-0.3, -0.25) is 9.98 Å². The Hall–Kier alpha value is -6.02. The van der Waals surface area contributed by atoms with E-state index in [2.05, 4.69) is 15.0 Å². The minimum atomic E-state index is 0.534. The van der Waals surface area contributed by atoms with Crippen molar-refractivity contribution in [2.75, 3.05) is 42.7 Å². The first kappa shape index (κ1) is 32.9. The van der Waals surface area contributed by atoms with E-state index in [-0.39, 0.29) is 0 Å². The van der Waals surface area contributed by atoms with Gasteiger partial charge in [0, 0.05) is 36.0 Å². The number of rotatable bonds is 11. The average Bonchev–Trinajstić information content (AvgIpc) is 3.52. The Morgan fingerprint density at radius 1 is 0.630 bits per heavy atom. The van der Waals surface area contributed by atoms with Crippen LogP contribution in [0.15, 0.2) is 76.7 Å². The van der Waals surface area contributed by atoms with E-state index in [1.807, 2.05) is 66.7 Å². The van der Waals surface area contributed by atoms with Crippen LogP contribution in [0, 0.1) is 11.3 Å². The number of fused-ring (bicyclic) bond motifs is 1. The molecule has 0 spiro atoms. The molecule has 0 radical (unpaired) electrons. The number of hydrogen-bond acceptors (Lipinski definition) is 10. The van der Waals surface area contributed by atoms with Gasteiger partial charge in [-0.25, -0.2) is 4.98 Å². The number of H-pyrrole nitrogens is 1. The van der Waals surface area contributed by atoms with Crippen LogP contribution in [-0.4, -0.2) is 65.1 Å². The quantitative estimate of drug-likeness (QED) is 0.152. The van der Waals surface area contributed by atoms with E-state index in [1.165, 1.54) is 6.92 Å². The van der Waals surface area contributed by atoms with Crippen molar-refractivity contribution in [3.8, 4) is 52.0 Å². The summed E-state index contributed by atoms with van der Waals surface area (Å²) in [4.78, 5) is 17.4. The predicted molar refractivity (Wildman–Crippen MR) is 180 cm³/mol. The van der Waals surface area contributed by atoms with Gasteiger partial charge in [0.1, 0.15) is 5.82 Å². The topological polar surface area (TPSA) is 133 Å². The fraction of sp³-hybridized carbons (Fsp3) is 0.200. The first-order valence-electron chi connectivity index (χ1n) is 14.0. The van der Waals surface area contributed by atoms with Crippen molar-refractivity contribution >= 4 is 34.8 Å². The van der Waals surface area contributed by atoms with E-state index in [4.69, 9.17) is 38.7 Å². The number of methoxy groups -OCH3 is 6. The Morgan fingerprint density at radius 2 is 1.07 bits per heavy atom. The largest absolute Gasteiger partial charge is 0.493 e. The summed E-state index contributed by atoms with van der Waals surface area (Å²) < 4.78 is 32.5. The predicted octanol–water partition coefficient (Wildman–Crippen LogP) is 7.31. The molecule has 5 rings (SSSR count). The minimum absolute atomic E-state index is 0.534. The SMILES string of the molecule is CC#N.COc1cc(C=Nc2ccc(-c3nc4ccc(N=Cc5cc(OC)c(OC)c(OC)c5)cc4[nH]3)cc2)cc(OC)c1OC. The van der Waals surface area contributed by atoms with E-state index < -0.39 is 0 Å². The zero-order valence-corrected chi connectivity index (χ0v) is 26.7. The molecule has 0 bridgehead atoms. The van der Waals surface area contributed by atoms with Gasteiger partial charge in [-0.1, -0.05) is 0 Å². The number of nitriles is 1. The number of aromatic amines is 1. The Morgan fingerprint density at radius 3 is 1.50 bits per heavy atom. The molecule has 46 heavy (non-hydrogen) atoms. The average molecular weight is 622 g/mol. The number of nitrogens with one attached hydrogen (secondary N) is 1. The van der Waals surface area contributed by atoms with Crippen molar-refractivity contribution < 1.29 is 28.4 Å². The first-order chi connectivity index (χ1) is 22.4. The third-order valence-electron chi connectivity index (χ3n) is 6.71. The van der Waals surface area contributed by atoms with Gasteiger partial charge >= 0.3 is 0 Å². The Bertz CT molecular complexity index is 1840. The standard InChI is InChI=1S/C33H32N4O6.C2H3N/c1-38-27-13-20(14-28(39-2)31(27)42-5)18-34-23-9-7-22(8-10-23)33-36-25-12-11-24(17-26(25)37-33)35-19-21-15-29(40-3)32(43-6)30(16-21)41-4;1-2-3/h7-19H,1-6H3,(H,36,37);1H3. The Labute approximate surface area is 267 Å². The lowest BCUT2D eigenvalue weighted by Crippen LogP contribution is -1.96. The van der Waals surface area contributed by atoms with E-state index in [9.17, 15) is 0 Å². The second-order valence-electron chi connectivity index (χ2n) is 9.49. The van der Waals surface area contributed by atoms with Crippen LogP contribution in [0.25, 0.3) is 22.4 Å². The highest BCUT2D eigenvalue weighted by Crippen LogP contribution is 2.39. The highest BCUT2D eigenvalue weighted by atomic mass is 16.5. The van der Waals surface area contributed by atoms with E-state index >= 15 is 0 Å². The van der Waals surface area contributed by atoms with Crippen LogP contribution in [0.1, 0.15) is 18.1 Å². The summed E-state index contributed by atoms with van der Waals surface area (Å²) >= 11 is 0. The van der Waals surface area contributed by atoms with Crippen molar-refractivity contribution in [1.82, 2.24) is 9.97 Å². The molecule has 0 unspecified atom stereocenters. The number of hydrogen-bond donors (Lipinski definition) is 1. The minimum Gasteiger partial charge on any atom is -0.493 e. The third-order valence-corrected chi connectivity index (χ3v) is 6.71. The lowest BCUT2D eigenvalue weighted by atomic mass is 10.2. The summed E-state index contributed by atoms with van der Waals surface area (Å²) in [5, 5.41) is 7.32. The Balaban J connectivity index is 0.00000154. The molecule has 0 aliphatic heterocycles. The number of nitrogens with zero attached hydrogens (tertiary/aromatic N) is 4. The molecular weight excluding hydrogens is 586 g/mol. The van der Waals surface area contributed by atoms with Gasteiger partial charge in [-0.05, 0) is 66.7 Å². The number of imidazole rings is 1. The van der Waals surface area contributed by atoms with Gasteiger partial charge in [0.15, 0.2) is 23.0 Å². The Kier molecular flexibility index (Phi) is 11.2. The number of ether oxygens (including phenoxy) is 6. The smallest absolute Gasteiger partial charge is 0.203 e. The maximum atomic E-state index is 7.32. The van der Waals surface area contributed by atoms with Gasteiger partial charge in [0.05, 0.1) is 71.1 Å². The number of benzene rings is 4. The fourth-order valence-electron chi connectivity index (χ4n) is 4.57. The maximum Gasteiger partial charge on any atom is 0.203 e. The lowest BCUT2D eigenvalue weighted by Gasteiger charge is -2.12. The zero-order chi connectivity index (χ0) is 33.1. The number of aromatic nitrogens is 2. The number of aliphatic imine (C=N–C) groups is 2. The summed E-state index contributed by atoms with van der Waals surface area (Å²) in [5.74, 6) is 4.09.